The highest BCUT2D eigenvalue weighted by Gasteiger charge is 2.21. The van der Waals surface area contributed by atoms with Crippen molar-refractivity contribution in [3.63, 3.8) is 0 Å². The van der Waals surface area contributed by atoms with Crippen molar-refractivity contribution in [2.45, 2.75) is 50.4 Å². The van der Waals surface area contributed by atoms with Gasteiger partial charge < -0.3 is 14.5 Å². The molecule has 0 aromatic carbocycles. The van der Waals surface area contributed by atoms with E-state index in [9.17, 15) is 4.79 Å². The van der Waals surface area contributed by atoms with Crippen LogP contribution in [0.3, 0.4) is 0 Å². The highest BCUT2D eigenvalue weighted by Crippen LogP contribution is 2.27. The third-order valence-electron chi connectivity index (χ3n) is 3.90. The molecule has 0 bridgehead atoms. The maximum atomic E-state index is 11.5. The van der Waals surface area contributed by atoms with E-state index in [1.165, 1.54) is 32.8 Å². The van der Waals surface area contributed by atoms with Crippen LogP contribution in [0.1, 0.15) is 47.6 Å². The van der Waals surface area contributed by atoms with Gasteiger partial charge in [-0.05, 0) is 38.5 Å². The molecule has 1 aliphatic rings. The number of hydrogen-bond donors (Lipinski definition) is 1. The fraction of sp³-hybridized carbons (Fsp3) is 0.667. The van der Waals surface area contributed by atoms with Crippen molar-refractivity contribution in [2.75, 3.05) is 13.4 Å². The molecule has 2 rings (SSSR count). The topological polar surface area (TPSA) is 51.5 Å². The number of carbonyl (C=O) groups excluding carboxylic acids is 1. The van der Waals surface area contributed by atoms with E-state index in [4.69, 9.17) is 9.15 Å². The molecule has 1 aromatic rings. The van der Waals surface area contributed by atoms with Crippen molar-refractivity contribution < 1.29 is 13.9 Å². The summed E-state index contributed by atoms with van der Waals surface area (Å²) in [5.41, 5.74) is 0.523. The second-order valence-corrected chi connectivity index (χ2v) is 6.41. The molecular formula is C15H23NO3S. The molecule has 1 heterocycles. The lowest BCUT2D eigenvalue weighted by Crippen LogP contribution is -2.34. The summed E-state index contributed by atoms with van der Waals surface area (Å²) in [5.74, 6) is 1.09. The van der Waals surface area contributed by atoms with Crippen molar-refractivity contribution in [1.29, 1.82) is 0 Å². The van der Waals surface area contributed by atoms with Crippen molar-refractivity contribution in [1.82, 2.24) is 5.32 Å². The molecule has 20 heavy (non-hydrogen) atoms. The normalized spacial score (nSPS) is 22.8. The minimum atomic E-state index is -0.336. The molecule has 1 N–H and O–H groups in total. The Morgan fingerprint density at radius 3 is 3.05 bits per heavy atom. The monoisotopic (exact) mass is 297 g/mol. The summed E-state index contributed by atoms with van der Waals surface area (Å²) in [4.78, 5) is 11.5. The molecule has 2 unspecified atom stereocenters. The Morgan fingerprint density at radius 1 is 1.55 bits per heavy atom. The SMILES string of the molecule is COC(=O)c1cc(CNC2CCCC(SC)C2)oc1C. The number of thioether (sulfide) groups is 1. The van der Waals surface area contributed by atoms with Crippen LogP contribution < -0.4 is 5.32 Å². The van der Waals surface area contributed by atoms with E-state index in [2.05, 4.69) is 11.6 Å². The summed E-state index contributed by atoms with van der Waals surface area (Å²) >= 11 is 1.96. The Morgan fingerprint density at radius 2 is 2.35 bits per heavy atom. The largest absolute Gasteiger partial charge is 0.465 e. The van der Waals surface area contributed by atoms with Gasteiger partial charge >= 0.3 is 5.97 Å². The number of ether oxygens (including phenoxy) is 1. The smallest absolute Gasteiger partial charge is 0.341 e. The van der Waals surface area contributed by atoms with Gasteiger partial charge in [-0.2, -0.15) is 11.8 Å². The van der Waals surface area contributed by atoms with E-state index in [-0.39, 0.29) is 5.97 Å². The zero-order chi connectivity index (χ0) is 14.5. The molecule has 1 aromatic heterocycles. The molecule has 1 aliphatic carbocycles. The van der Waals surface area contributed by atoms with E-state index in [0.717, 1.165) is 11.0 Å². The van der Waals surface area contributed by atoms with Crippen LogP contribution >= 0.6 is 11.8 Å². The van der Waals surface area contributed by atoms with E-state index in [1.54, 1.807) is 13.0 Å². The molecule has 112 valence electrons. The summed E-state index contributed by atoms with van der Waals surface area (Å²) in [6, 6.07) is 2.33. The van der Waals surface area contributed by atoms with Crippen molar-refractivity contribution in [2.24, 2.45) is 0 Å². The van der Waals surface area contributed by atoms with Crippen LogP contribution in [0.5, 0.6) is 0 Å². The number of carbonyl (C=O) groups is 1. The van der Waals surface area contributed by atoms with Gasteiger partial charge in [0.05, 0.1) is 13.7 Å². The quantitative estimate of drug-likeness (QED) is 0.846. The first kappa shape index (κ1) is 15.4. The van der Waals surface area contributed by atoms with E-state index < -0.39 is 0 Å². The average molecular weight is 297 g/mol. The molecule has 1 fully saturated rings. The molecule has 2 atom stereocenters. The maximum Gasteiger partial charge on any atom is 0.341 e. The van der Waals surface area contributed by atoms with Crippen LogP contribution in [0.15, 0.2) is 10.5 Å². The van der Waals surface area contributed by atoms with E-state index >= 15 is 0 Å². The number of furan rings is 1. The number of esters is 1. The Kier molecular flexibility index (Phi) is 5.54. The summed E-state index contributed by atoms with van der Waals surface area (Å²) < 4.78 is 10.3. The zero-order valence-electron chi connectivity index (χ0n) is 12.4. The second-order valence-electron chi connectivity index (χ2n) is 5.28. The van der Waals surface area contributed by atoms with Gasteiger partial charge in [-0.1, -0.05) is 6.42 Å². The molecular weight excluding hydrogens is 274 g/mol. The van der Waals surface area contributed by atoms with Crippen LogP contribution in [0, 0.1) is 6.92 Å². The third kappa shape index (κ3) is 3.79. The molecule has 0 radical (unpaired) electrons. The summed E-state index contributed by atoms with van der Waals surface area (Å²) in [6.07, 6.45) is 7.23. The van der Waals surface area contributed by atoms with Gasteiger partial charge in [0.15, 0.2) is 0 Å². The van der Waals surface area contributed by atoms with Crippen LogP contribution in [-0.2, 0) is 11.3 Å². The fourth-order valence-corrected chi connectivity index (χ4v) is 3.56. The number of methoxy groups -OCH3 is 1. The first-order chi connectivity index (χ1) is 9.63. The van der Waals surface area contributed by atoms with Crippen molar-refractivity contribution >= 4 is 17.7 Å². The lowest BCUT2D eigenvalue weighted by molar-refractivity contribution is 0.0599. The van der Waals surface area contributed by atoms with Gasteiger partial charge in [0.2, 0.25) is 0 Å². The van der Waals surface area contributed by atoms with Crippen LogP contribution in [0.25, 0.3) is 0 Å². The summed E-state index contributed by atoms with van der Waals surface area (Å²) in [5, 5.41) is 4.31. The van der Waals surface area contributed by atoms with Crippen molar-refractivity contribution in [3.8, 4) is 0 Å². The first-order valence-corrected chi connectivity index (χ1v) is 8.36. The van der Waals surface area contributed by atoms with Crippen LogP contribution in [-0.4, -0.2) is 30.6 Å². The summed E-state index contributed by atoms with van der Waals surface area (Å²) in [7, 11) is 1.39. The van der Waals surface area contributed by atoms with Gasteiger partial charge in [-0.3, -0.25) is 0 Å². The Balaban J connectivity index is 1.89. The van der Waals surface area contributed by atoms with E-state index in [1.807, 2.05) is 11.8 Å². The number of rotatable bonds is 5. The van der Waals surface area contributed by atoms with E-state index in [0.29, 0.717) is 23.9 Å². The van der Waals surface area contributed by atoms with Gasteiger partial charge in [0, 0.05) is 11.3 Å². The minimum absolute atomic E-state index is 0.336. The average Bonchev–Trinajstić information content (AvgIpc) is 2.85. The predicted molar refractivity (Wildman–Crippen MR) is 81.2 cm³/mol. The Bertz CT molecular complexity index is 458. The third-order valence-corrected chi connectivity index (χ3v) is 4.99. The van der Waals surface area contributed by atoms with Gasteiger partial charge in [0.25, 0.3) is 0 Å². The Labute approximate surface area is 124 Å². The predicted octanol–water partition coefficient (Wildman–Crippen LogP) is 3.14. The number of nitrogens with one attached hydrogen (secondary N) is 1. The van der Waals surface area contributed by atoms with Gasteiger partial charge in [-0.25, -0.2) is 4.79 Å². The van der Waals surface area contributed by atoms with Crippen LogP contribution in [0.4, 0.5) is 0 Å². The van der Waals surface area contributed by atoms with Crippen LogP contribution in [0.2, 0.25) is 0 Å². The molecule has 0 aliphatic heterocycles. The molecule has 0 saturated heterocycles. The number of aryl methyl sites for hydroxylation is 1. The summed E-state index contributed by atoms with van der Waals surface area (Å²) in [6.45, 7) is 2.46. The molecule has 5 heteroatoms. The minimum Gasteiger partial charge on any atom is -0.465 e. The zero-order valence-corrected chi connectivity index (χ0v) is 13.2. The molecule has 1 saturated carbocycles. The lowest BCUT2D eigenvalue weighted by atomic mass is 9.95. The highest BCUT2D eigenvalue weighted by molar-refractivity contribution is 7.99. The highest BCUT2D eigenvalue weighted by atomic mass is 32.2. The molecule has 0 amide bonds. The standard InChI is InChI=1S/C15H23NO3S/c1-10-14(15(17)18-2)8-12(19-10)9-16-11-5-4-6-13(7-11)20-3/h8,11,13,16H,4-7,9H2,1-3H3. The van der Waals surface area contributed by atoms with Crippen molar-refractivity contribution in [3.05, 3.63) is 23.2 Å². The fourth-order valence-electron chi connectivity index (χ4n) is 2.73. The van der Waals surface area contributed by atoms with Gasteiger partial charge in [0.1, 0.15) is 17.1 Å². The number of hydrogen-bond acceptors (Lipinski definition) is 5. The molecule has 0 spiro atoms. The molecule has 4 nitrogen and oxygen atoms in total. The Hall–Kier alpha value is -0.940. The van der Waals surface area contributed by atoms with Gasteiger partial charge in [-0.15, -0.1) is 0 Å². The maximum absolute atomic E-state index is 11.5. The lowest BCUT2D eigenvalue weighted by Gasteiger charge is -2.28. The first-order valence-electron chi connectivity index (χ1n) is 7.07. The second kappa shape index (κ2) is 7.18.